The van der Waals surface area contributed by atoms with Gasteiger partial charge in [0.2, 0.25) is 0 Å². The fraction of sp³-hybridized carbons (Fsp3) is 0. The molecule has 4 aromatic rings. The predicted molar refractivity (Wildman–Crippen MR) is 88.8 cm³/mol. The highest BCUT2D eigenvalue weighted by Gasteiger charge is 2.18. The van der Waals surface area contributed by atoms with E-state index in [9.17, 15) is 8.42 Å². The fourth-order valence-electron chi connectivity index (χ4n) is 2.53. The maximum absolute atomic E-state index is 12.7. The summed E-state index contributed by atoms with van der Waals surface area (Å²) in [4.78, 5) is 4.35. The largest absolute Gasteiger partial charge is 0.464 e. The lowest BCUT2D eigenvalue weighted by Crippen LogP contribution is -2.13. The van der Waals surface area contributed by atoms with Gasteiger partial charge in [-0.3, -0.25) is 9.71 Å². The van der Waals surface area contributed by atoms with Crippen molar-refractivity contribution in [3.63, 3.8) is 0 Å². The van der Waals surface area contributed by atoms with Gasteiger partial charge in [-0.15, -0.1) is 0 Å². The quantitative estimate of drug-likeness (QED) is 0.622. The van der Waals surface area contributed by atoms with Gasteiger partial charge in [0.25, 0.3) is 10.0 Å². The number of fused-ring (bicyclic) bond motifs is 2. The van der Waals surface area contributed by atoms with Crippen molar-refractivity contribution >= 4 is 37.6 Å². The molecule has 0 unspecified atom stereocenters. The van der Waals surface area contributed by atoms with E-state index in [4.69, 9.17) is 4.42 Å². The lowest BCUT2D eigenvalue weighted by Gasteiger charge is -2.10. The van der Waals surface area contributed by atoms with Crippen LogP contribution in [0, 0.1) is 0 Å². The average molecular weight is 324 g/mol. The van der Waals surface area contributed by atoms with Gasteiger partial charge in [0.15, 0.2) is 0 Å². The number of rotatable bonds is 3. The molecule has 0 bridgehead atoms. The second-order valence-corrected chi connectivity index (χ2v) is 6.76. The molecule has 0 atom stereocenters. The Morgan fingerprint density at radius 3 is 2.74 bits per heavy atom. The summed E-state index contributed by atoms with van der Waals surface area (Å²) in [6.45, 7) is 0. The first-order valence-electron chi connectivity index (χ1n) is 6.97. The molecule has 2 aromatic carbocycles. The van der Waals surface area contributed by atoms with Crippen molar-refractivity contribution in [1.82, 2.24) is 4.98 Å². The highest BCUT2D eigenvalue weighted by atomic mass is 32.2. The topological polar surface area (TPSA) is 72.2 Å². The van der Waals surface area contributed by atoms with Gasteiger partial charge >= 0.3 is 0 Å². The molecule has 6 heteroatoms. The van der Waals surface area contributed by atoms with Gasteiger partial charge in [-0.05, 0) is 36.4 Å². The van der Waals surface area contributed by atoms with Crippen LogP contribution in [0.15, 0.2) is 76.4 Å². The van der Waals surface area contributed by atoms with E-state index in [1.165, 1.54) is 0 Å². The summed E-state index contributed by atoms with van der Waals surface area (Å²) in [6.07, 6.45) is 3.15. The van der Waals surface area contributed by atoms with Crippen LogP contribution in [0.5, 0.6) is 0 Å². The zero-order valence-electron chi connectivity index (χ0n) is 11.9. The molecule has 0 spiro atoms. The predicted octanol–water partition coefficient (Wildman–Crippen LogP) is 3.78. The van der Waals surface area contributed by atoms with Crippen molar-refractivity contribution in [2.45, 2.75) is 4.90 Å². The van der Waals surface area contributed by atoms with Gasteiger partial charge in [0.05, 0.1) is 11.8 Å². The van der Waals surface area contributed by atoms with Gasteiger partial charge in [-0.2, -0.15) is 0 Å². The molecule has 0 aliphatic heterocycles. The first-order chi connectivity index (χ1) is 11.1. The molecule has 114 valence electrons. The number of aromatic nitrogens is 1. The van der Waals surface area contributed by atoms with Crippen LogP contribution in [0.3, 0.4) is 0 Å². The van der Waals surface area contributed by atoms with Gasteiger partial charge < -0.3 is 4.42 Å². The third-order valence-corrected chi connectivity index (χ3v) is 5.00. The van der Waals surface area contributed by atoms with Crippen LogP contribution in [-0.4, -0.2) is 13.4 Å². The van der Waals surface area contributed by atoms with Crippen molar-refractivity contribution in [3.05, 3.63) is 67.1 Å². The fourth-order valence-corrected chi connectivity index (χ4v) is 3.76. The lowest BCUT2D eigenvalue weighted by molar-refractivity contribution is 0.602. The van der Waals surface area contributed by atoms with E-state index in [0.717, 1.165) is 10.8 Å². The van der Waals surface area contributed by atoms with Crippen molar-refractivity contribution in [1.29, 1.82) is 0 Å². The smallest absolute Gasteiger partial charge is 0.264 e. The van der Waals surface area contributed by atoms with Gasteiger partial charge in [-0.25, -0.2) is 8.42 Å². The Hall–Kier alpha value is -2.86. The number of para-hydroxylation sites is 1. The first-order valence-corrected chi connectivity index (χ1v) is 8.46. The van der Waals surface area contributed by atoms with Crippen LogP contribution in [0.2, 0.25) is 0 Å². The van der Waals surface area contributed by atoms with Crippen molar-refractivity contribution in [3.8, 4) is 0 Å². The molecule has 0 amide bonds. The van der Waals surface area contributed by atoms with Gasteiger partial charge in [0.1, 0.15) is 10.5 Å². The Balaban J connectivity index is 1.80. The van der Waals surface area contributed by atoms with Crippen molar-refractivity contribution < 1.29 is 12.8 Å². The minimum absolute atomic E-state index is 0.155. The monoisotopic (exact) mass is 324 g/mol. The van der Waals surface area contributed by atoms with Crippen LogP contribution in [-0.2, 0) is 10.0 Å². The second-order valence-electron chi connectivity index (χ2n) is 5.11. The Labute approximate surface area is 132 Å². The number of sulfonamides is 1. The number of furan rings is 1. The number of nitrogens with zero attached hydrogens (tertiary/aromatic N) is 1. The van der Waals surface area contributed by atoms with Crippen molar-refractivity contribution in [2.24, 2.45) is 0 Å². The zero-order valence-corrected chi connectivity index (χ0v) is 12.7. The normalized spacial score (nSPS) is 11.8. The summed E-state index contributed by atoms with van der Waals surface area (Å²) < 4.78 is 33.3. The molecule has 0 fully saturated rings. The lowest BCUT2D eigenvalue weighted by atomic mass is 10.2. The molecule has 23 heavy (non-hydrogen) atoms. The second kappa shape index (κ2) is 5.10. The van der Waals surface area contributed by atoms with E-state index in [0.29, 0.717) is 16.8 Å². The number of hydrogen-bond donors (Lipinski definition) is 1. The third-order valence-electron chi connectivity index (χ3n) is 3.59. The minimum Gasteiger partial charge on any atom is -0.464 e. The number of hydrogen-bond acceptors (Lipinski definition) is 4. The molecule has 2 aromatic heterocycles. The van der Waals surface area contributed by atoms with E-state index in [-0.39, 0.29) is 4.90 Å². The summed E-state index contributed by atoms with van der Waals surface area (Å²) >= 11 is 0. The number of anilines is 1. The standard InChI is InChI=1S/C17H12N2O3S/c20-23(21,16-5-1-3-12-4-2-9-18-17(12)16)19-14-6-7-15-13(11-14)8-10-22-15/h1-11,19H. The van der Waals surface area contributed by atoms with E-state index in [1.54, 1.807) is 54.9 Å². The number of pyridine rings is 1. The van der Waals surface area contributed by atoms with Crippen molar-refractivity contribution in [2.75, 3.05) is 4.72 Å². The highest BCUT2D eigenvalue weighted by molar-refractivity contribution is 7.93. The van der Waals surface area contributed by atoms with Crippen LogP contribution in [0.4, 0.5) is 5.69 Å². The average Bonchev–Trinajstić information content (AvgIpc) is 3.01. The maximum atomic E-state index is 12.7. The Morgan fingerprint density at radius 1 is 0.957 bits per heavy atom. The van der Waals surface area contributed by atoms with Crippen LogP contribution in [0.25, 0.3) is 21.9 Å². The molecule has 5 nitrogen and oxygen atoms in total. The van der Waals surface area contributed by atoms with Gasteiger partial charge in [0, 0.05) is 22.7 Å². The van der Waals surface area contributed by atoms with Crippen LogP contribution in [0.1, 0.15) is 0 Å². The summed E-state index contributed by atoms with van der Waals surface area (Å²) in [5, 5.41) is 1.61. The molecule has 1 N–H and O–H groups in total. The Morgan fingerprint density at radius 2 is 1.83 bits per heavy atom. The first kappa shape index (κ1) is 13.8. The molecule has 0 aliphatic rings. The Bertz CT molecular complexity index is 1110. The summed E-state index contributed by atoms with van der Waals surface area (Å²) in [7, 11) is -3.73. The number of nitrogens with one attached hydrogen (secondary N) is 1. The number of benzene rings is 2. The van der Waals surface area contributed by atoms with E-state index in [1.807, 2.05) is 12.1 Å². The Kier molecular flexibility index (Phi) is 3.06. The van der Waals surface area contributed by atoms with Crippen LogP contribution >= 0.6 is 0 Å². The highest BCUT2D eigenvalue weighted by Crippen LogP contribution is 2.25. The molecule has 0 saturated carbocycles. The third kappa shape index (κ3) is 2.43. The van der Waals surface area contributed by atoms with Gasteiger partial charge in [-0.1, -0.05) is 18.2 Å². The summed E-state index contributed by atoms with van der Waals surface area (Å²) in [6, 6.07) is 15.6. The molecule has 0 radical (unpaired) electrons. The maximum Gasteiger partial charge on any atom is 0.264 e. The summed E-state index contributed by atoms with van der Waals surface area (Å²) in [5.74, 6) is 0. The SMILES string of the molecule is O=S(=O)(Nc1ccc2occc2c1)c1cccc2cccnc12. The zero-order chi connectivity index (χ0) is 15.9. The van der Waals surface area contributed by atoms with E-state index in [2.05, 4.69) is 9.71 Å². The van der Waals surface area contributed by atoms with Crippen LogP contribution < -0.4 is 4.72 Å². The van der Waals surface area contributed by atoms with E-state index < -0.39 is 10.0 Å². The molecule has 0 aliphatic carbocycles. The molecular formula is C17H12N2O3S. The molecular weight excluding hydrogens is 312 g/mol. The molecule has 4 rings (SSSR count). The molecule has 0 saturated heterocycles. The van der Waals surface area contributed by atoms with E-state index >= 15 is 0 Å². The summed E-state index contributed by atoms with van der Waals surface area (Å²) in [5.41, 5.74) is 1.64. The molecule has 2 heterocycles. The minimum atomic E-state index is -3.73.